The highest BCUT2D eigenvalue weighted by Gasteiger charge is 2.39. The molecule has 100 valence electrons. The first kappa shape index (κ1) is 13.3. The van der Waals surface area contributed by atoms with E-state index in [1.165, 1.54) is 4.31 Å². The van der Waals surface area contributed by atoms with Crippen molar-refractivity contribution in [1.82, 2.24) is 9.62 Å². The van der Waals surface area contributed by atoms with Crippen molar-refractivity contribution in [1.29, 1.82) is 0 Å². The second kappa shape index (κ2) is 5.22. The zero-order valence-corrected chi connectivity index (χ0v) is 11.1. The van der Waals surface area contributed by atoms with Crippen molar-refractivity contribution in [2.75, 3.05) is 20.1 Å². The van der Waals surface area contributed by atoms with Gasteiger partial charge in [0.15, 0.2) is 0 Å². The molecule has 0 spiro atoms. The van der Waals surface area contributed by atoms with Gasteiger partial charge in [-0.05, 0) is 12.8 Å². The fourth-order valence-corrected chi connectivity index (χ4v) is 4.80. The predicted molar refractivity (Wildman–Crippen MR) is 66.2 cm³/mol. The maximum absolute atomic E-state index is 12.4. The molecule has 0 unspecified atom stereocenters. The molecule has 17 heavy (non-hydrogen) atoms. The number of β-amino-alcohol motifs (C(OH)–C–C–N with tert-alkyl or cyclic N) is 1. The number of likely N-dealkylation sites (N-methyl/N-ethyl adjacent to an activating group) is 1. The number of aliphatic hydroxyl groups is 1. The largest absolute Gasteiger partial charge is 0.390 e. The Balaban J connectivity index is 2.08. The van der Waals surface area contributed by atoms with E-state index in [0.29, 0.717) is 13.1 Å². The molecule has 1 saturated carbocycles. The molecule has 6 heteroatoms. The van der Waals surface area contributed by atoms with Crippen LogP contribution in [0, 0.1) is 0 Å². The van der Waals surface area contributed by atoms with Crippen LogP contribution in [-0.2, 0) is 10.0 Å². The molecule has 0 aromatic rings. The fourth-order valence-electron chi connectivity index (χ4n) is 2.81. The molecule has 1 heterocycles. The van der Waals surface area contributed by atoms with Crippen LogP contribution in [-0.4, -0.2) is 55.4 Å². The second-order valence-corrected chi connectivity index (χ2v) is 7.39. The minimum Gasteiger partial charge on any atom is -0.390 e. The molecule has 0 radical (unpaired) electrons. The Kier molecular flexibility index (Phi) is 4.07. The van der Waals surface area contributed by atoms with Gasteiger partial charge in [-0.15, -0.1) is 0 Å². The first-order valence-electron chi connectivity index (χ1n) is 6.39. The molecule has 0 aromatic carbocycles. The highest BCUT2D eigenvalue weighted by molar-refractivity contribution is 7.89. The van der Waals surface area contributed by atoms with Gasteiger partial charge in [0.2, 0.25) is 10.0 Å². The van der Waals surface area contributed by atoms with E-state index in [1.54, 1.807) is 7.05 Å². The lowest BCUT2D eigenvalue weighted by atomic mass is 10.0. The van der Waals surface area contributed by atoms with Crippen LogP contribution < -0.4 is 5.32 Å². The molecule has 2 aliphatic rings. The number of hydrogen-bond donors (Lipinski definition) is 2. The van der Waals surface area contributed by atoms with E-state index in [1.807, 2.05) is 0 Å². The Morgan fingerprint density at radius 3 is 2.35 bits per heavy atom. The lowest BCUT2D eigenvalue weighted by molar-refractivity contribution is 0.135. The third-order valence-corrected chi connectivity index (χ3v) is 6.38. The van der Waals surface area contributed by atoms with Crippen molar-refractivity contribution < 1.29 is 13.5 Å². The normalized spacial score (nSPS) is 32.2. The lowest BCUT2D eigenvalue weighted by Crippen LogP contribution is -2.48. The Morgan fingerprint density at radius 1 is 1.18 bits per heavy atom. The van der Waals surface area contributed by atoms with Crippen LogP contribution in [0.25, 0.3) is 0 Å². The van der Waals surface area contributed by atoms with Crippen molar-refractivity contribution in [2.45, 2.75) is 49.5 Å². The Hall–Kier alpha value is -0.170. The molecule has 0 amide bonds. The standard InChI is InChI=1S/C11H22N2O3S/c1-13(10-7-12-8-11(10)14)17(15,16)9-5-3-2-4-6-9/h9-12,14H,2-8H2,1H3/t10-,11-/m0/s1. The Labute approximate surface area is 103 Å². The molecular weight excluding hydrogens is 240 g/mol. The van der Waals surface area contributed by atoms with Crippen LogP contribution in [0.2, 0.25) is 0 Å². The number of nitrogens with one attached hydrogen (secondary N) is 1. The van der Waals surface area contributed by atoms with E-state index in [-0.39, 0.29) is 11.3 Å². The Morgan fingerprint density at radius 2 is 1.82 bits per heavy atom. The lowest BCUT2D eigenvalue weighted by Gasteiger charge is -2.31. The predicted octanol–water partition coefficient (Wildman–Crippen LogP) is -0.0866. The summed E-state index contributed by atoms with van der Waals surface area (Å²) in [7, 11) is -1.64. The molecule has 2 fully saturated rings. The fraction of sp³-hybridized carbons (Fsp3) is 1.00. The zero-order valence-electron chi connectivity index (χ0n) is 10.3. The average molecular weight is 262 g/mol. The highest BCUT2D eigenvalue weighted by atomic mass is 32.2. The van der Waals surface area contributed by atoms with E-state index in [9.17, 15) is 13.5 Å². The molecule has 2 rings (SSSR count). The van der Waals surface area contributed by atoms with Gasteiger partial charge in [-0.3, -0.25) is 0 Å². The van der Waals surface area contributed by atoms with Crippen LogP contribution in [0.15, 0.2) is 0 Å². The summed E-state index contributed by atoms with van der Waals surface area (Å²) >= 11 is 0. The van der Waals surface area contributed by atoms with Gasteiger partial charge in [0, 0.05) is 20.1 Å². The van der Waals surface area contributed by atoms with Crippen molar-refractivity contribution >= 4 is 10.0 Å². The molecule has 1 saturated heterocycles. The van der Waals surface area contributed by atoms with Crippen molar-refractivity contribution in [3.8, 4) is 0 Å². The Bertz CT molecular complexity index is 352. The van der Waals surface area contributed by atoms with Gasteiger partial charge in [0.1, 0.15) is 0 Å². The summed E-state index contributed by atoms with van der Waals surface area (Å²) in [4.78, 5) is 0. The highest BCUT2D eigenvalue weighted by Crippen LogP contribution is 2.27. The van der Waals surface area contributed by atoms with Gasteiger partial charge in [-0.2, -0.15) is 4.31 Å². The van der Waals surface area contributed by atoms with Crippen molar-refractivity contribution in [3.05, 3.63) is 0 Å². The minimum atomic E-state index is -3.25. The summed E-state index contributed by atoms with van der Waals surface area (Å²) < 4.78 is 26.2. The van der Waals surface area contributed by atoms with Gasteiger partial charge >= 0.3 is 0 Å². The van der Waals surface area contributed by atoms with E-state index in [2.05, 4.69) is 5.32 Å². The number of hydrogen-bond acceptors (Lipinski definition) is 4. The van der Waals surface area contributed by atoms with Crippen LogP contribution in [0.1, 0.15) is 32.1 Å². The van der Waals surface area contributed by atoms with Crippen LogP contribution >= 0.6 is 0 Å². The van der Waals surface area contributed by atoms with Gasteiger partial charge in [-0.25, -0.2) is 8.42 Å². The monoisotopic (exact) mass is 262 g/mol. The number of rotatable bonds is 3. The smallest absolute Gasteiger partial charge is 0.217 e. The summed E-state index contributed by atoms with van der Waals surface area (Å²) in [6.45, 7) is 1.03. The molecule has 1 aliphatic carbocycles. The van der Waals surface area contributed by atoms with Crippen LogP contribution in [0.5, 0.6) is 0 Å². The summed E-state index contributed by atoms with van der Waals surface area (Å²) in [6.07, 6.45) is 4.10. The maximum atomic E-state index is 12.4. The van der Waals surface area contributed by atoms with E-state index in [4.69, 9.17) is 0 Å². The van der Waals surface area contributed by atoms with Gasteiger partial charge in [-0.1, -0.05) is 19.3 Å². The third kappa shape index (κ3) is 2.65. The van der Waals surface area contributed by atoms with Gasteiger partial charge in [0.05, 0.1) is 17.4 Å². The first-order valence-corrected chi connectivity index (χ1v) is 7.89. The maximum Gasteiger partial charge on any atom is 0.217 e. The van der Waals surface area contributed by atoms with E-state index < -0.39 is 16.1 Å². The number of aliphatic hydroxyl groups excluding tert-OH is 1. The summed E-state index contributed by atoms with van der Waals surface area (Å²) in [5.74, 6) is 0. The molecule has 0 bridgehead atoms. The minimum absolute atomic E-state index is 0.242. The average Bonchev–Trinajstić information content (AvgIpc) is 2.75. The topological polar surface area (TPSA) is 69.6 Å². The quantitative estimate of drug-likeness (QED) is 0.746. The zero-order chi connectivity index (χ0) is 12.5. The molecule has 5 nitrogen and oxygen atoms in total. The number of nitrogens with zero attached hydrogens (tertiary/aromatic N) is 1. The van der Waals surface area contributed by atoms with Crippen LogP contribution in [0.4, 0.5) is 0 Å². The summed E-state index contributed by atoms with van der Waals surface area (Å²) in [6, 6.07) is -0.304. The first-order chi connectivity index (χ1) is 8.03. The molecule has 2 atom stereocenters. The third-order valence-electron chi connectivity index (χ3n) is 3.99. The van der Waals surface area contributed by atoms with Gasteiger partial charge < -0.3 is 10.4 Å². The van der Waals surface area contributed by atoms with Crippen molar-refractivity contribution in [3.63, 3.8) is 0 Å². The molecule has 2 N–H and O–H groups in total. The van der Waals surface area contributed by atoms with Crippen LogP contribution in [0.3, 0.4) is 0 Å². The molecular formula is C11H22N2O3S. The van der Waals surface area contributed by atoms with E-state index in [0.717, 1.165) is 32.1 Å². The van der Waals surface area contributed by atoms with E-state index >= 15 is 0 Å². The molecule has 0 aromatic heterocycles. The number of sulfonamides is 1. The van der Waals surface area contributed by atoms with Gasteiger partial charge in [0.25, 0.3) is 0 Å². The molecule has 1 aliphatic heterocycles. The summed E-state index contributed by atoms with van der Waals surface area (Å²) in [5, 5.41) is 12.5. The second-order valence-electron chi connectivity index (χ2n) is 5.11. The van der Waals surface area contributed by atoms with Crippen molar-refractivity contribution in [2.24, 2.45) is 0 Å². The summed E-state index contributed by atoms with van der Waals surface area (Å²) in [5.41, 5.74) is 0. The SMILES string of the molecule is CN([C@H]1CNC[C@@H]1O)S(=O)(=O)C1CCCCC1.